The number of allylic oxidation sites excluding steroid dienone is 2. The molecule has 0 aromatic heterocycles. The first-order valence-corrected chi connectivity index (χ1v) is 4.10. The van der Waals surface area contributed by atoms with Crippen LogP contribution in [0.2, 0.25) is 0 Å². The van der Waals surface area contributed by atoms with Gasteiger partial charge in [-0.15, -0.1) is 0 Å². The lowest BCUT2D eigenvalue weighted by Gasteiger charge is -2.39. The molecule has 0 aromatic carbocycles. The molecule has 2 fully saturated rings. The fourth-order valence-corrected chi connectivity index (χ4v) is 2.67. The second-order valence-corrected chi connectivity index (χ2v) is 3.96. The number of hydrogen-bond acceptors (Lipinski definition) is 0. The average Bonchev–Trinajstić information content (AvgIpc) is 2.42. The van der Waals surface area contributed by atoms with Crippen LogP contribution in [-0.4, -0.2) is 0 Å². The lowest BCUT2D eigenvalue weighted by atomic mass is 9.65. The molecule has 0 amide bonds. The van der Waals surface area contributed by atoms with Gasteiger partial charge in [0.15, 0.2) is 0 Å². The summed E-state index contributed by atoms with van der Waals surface area (Å²) in [7, 11) is 0. The van der Waals surface area contributed by atoms with Gasteiger partial charge in [0.2, 0.25) is 0 Å². The summed E-state index contributed by atoms with van der Waals surface area (Å²) in [5.41, 5.74) is 2.66. The Morgan fingerprint density at radius 3 is 2.56 bits per heavy atom. The summed E-state index contributed by atoms with van der Waals surface area (Å²) in [5, 5.41) is 0. The number of rotatable bonds is 0. The molecule has 0 heteroatoms. The minimum atomic E-state index is 0.856. The van der Waals surface area contributed by atoms with Gasteiger partial charge in [-0.1, -0.05) is 18.1 Å². The maximum Gasteiger partial charge on any atom is -0.0106 e. The third kappa shape index (κ3) is 0.385. The topological polar surface area (TPSA) is 0 Å². The molecular formula is C9H12. The predicted octanol–water partition coefficient (Wildman–Crippen LogP) is 2.51. The lowest BCUT2D eigenvalue weighted by Crippen LogP contribution is -2.29. The molecule has 9 heavy (non-hydrogen) atoms. The summed E-state index contributed by atoms with van der Waals surface area (Å²) in [6.07, 6.45) is 10.0. The Kier molecular flexibility index (Phi) is 0.564. The van der Waals surface area contributed by atoms with Crippen LogP contribution >= 0.6 is 0 Å². The lowest BCUT2D eigenvalue weighted by molar-refractivity contribution is 0.119. The van der Waals surface area contributed by atoms with E-state index in [9.17, 15) is 0 Å². The zero-order valence-corrected chi connectivity index (χ0v) is 5.69. The number of hydrogen-bond donors (Lipinski definition) is 0. The van der Waals surface area contributed by atoms with Gasteiger partial charge in [0.25, 0.3) is 0 Å². The van der Waals surface area contributed by atoms with E-state index < -0.39 is 0 Å². The standard InChI is InChI=1S/C9H12/c1-3-9(4-1)5-2-7-6-8(7)9/h2,8H,1,3-6H2. The monoisotopic (exact) mass is 120 g/mol. The molecule has 0 bridgehead atoms. The molecule has 2 saturated carbocycles. The van der Waals surface area contributed by atoms with Crippen molar-refractivity contribution in [1.29, 1.82) is 0 Å². The van der Waals surface area contributed by atoms with Crippen molar-refractivity contribution >= 4 is 0 Å². The summed E-state index contributed by atoms with van der Waals surface area (Å²) >= 11 is 0. The van der Waals surface area contributed by atoms with Crippen molar-refractivity contribution < 1.29 is 0 Å². The van der Waals surface area contributed by atoms with E-state index in [1.54, 1.807) is 5.57 Å². The average molecular weight is 120 g/mol. The highest BCUT2D eigenvalue weighted by Gasteiger charge is 2.54. The Morgan fingerprint density at radius 1 is 1.44 bits per heavy atom. The molecule has 0 nitrogen and oxygen atoms in total. The van der Waals surface area contributed by atoms with Gasteiger partial charge in [-0.05, 0) is 37.0 Å². The quantitative estimate of drug-likeness (QED) is 0.431. The second kappa shape index (κ2) is 1.12. The first kappa shape index (κ1) is 4.54. The van der Waals surface area contributed by atoms with Crippen molar-refractivity contribution in [3.63, 3.8) is 0 Å². The van der Waals surface area contributed by atoms with Gasteiger partial charge in [0, 0.05) is 0 Å². The van der Waals surface area contributed by atoms with Gasteiger partial charge in [-0.3, -0.25) is 0 Å². The SMILES string of the molecule is C1=C2CC2C2(C1)CCC2. The molecule has 48 valence electrons. The van der Waals surface area contributed by atoms with Gasteiger partial charge in [0.05, 0.1) is 0 Å². The Bertz CT molecular complexity index is 184. The first-order valence-electron chi connectivity index (χ1n) is 4.10. The predicted molar refractivity (Wildman–Crippen MR) is 37.1 cm³/mol. The van der Waals surface area contributed by atoms with Gasteiger partial charge in [-0.25, -0.2) is 0 Å². The summed E-state index contributed by atoms with van der Waals surface area (Å²) < 4.78 is 0. The summed E-state index contributed by atoms with van der Waals surface area (Å²) in [4.78, 5) is 0. The smallest absolute Gasteiger partial charge is 0.0106 e. The third-order valence-corrected chi connectivity index (χ3v) is 3.59. The van der Waals surface area contributed by atoms with Crippen LogP contribution in [0.5, 0.6) is 0 Å². The molecule has 3 aliphatic carbocycles. The highest BCUT2D eigenvalue weighted by molar-refractivity contribution is 5.35. The van der Waals surface area contributed by atoms with Gasteiger partial charge >= 0.3 is 0 Å². The van der Waals surface area contributed by atoms with E-state index >= 15 is 0 Å². The van der Waals surface area contributed by atoms with Crippen molar-refractivity contribution in [2.45, 2.75) is 32.1 Å². The van der Waals surface area contributed by atoms with Crippen LogP contribution in [0.3, 0.4) is 0 Å². The van der Waals surface area contributed by atoms with Crippen LogP contribution in [-0.2, 0) is 0 Å². The van der Waals surface area contributed by atoms with Crippen molar-refractivity contribution in [3.8, 4) is 0 Å². The van der Waals surface area contributed by atoms with E-state index in [1.165, 1.54) is 32.1 Å². The molecule has 0 heterocycles. The molecule has 1 spiro atoms. The zero-order chi connectivity index (χ0) is 5.90. The fraction of sp³-hybridized carbons (Fsp3) is 0.778. The molecule has 1 unspecified atom stereocenters. The van der Waals surface area contributed by atoms with Crippen molar-refractivity contribution in [2.24, 2.45) is 11.3 Å². The van der Waals surface area contributed by atoms with Crippen molar-refractivity contribution in [3.05, 3.63) is 11.6 Å². The highest BCUT2D eigenvalue weighted by Crippen LogP contribution is 2.66. The fourth-order valence-electron chi connectivity index (χ4n) is 2.67. The third-order valence-electron chi connectivity index (χ3n) is 3.59. The Hall–Kier alpha value is -0.260. The molecule has 3 aliphatic rings. The van der Waals surface area contributed by atoms with Crippen molar-refractivity contribution in [1.82, 2.24) is 0 Å². The zero-order valence-electron chi connectivity index (χ0n) is 5.69. The summed E-state index contributed by atoms with van der Waals surface area (Å²) in [6.45, 7) is 0. The normalized spacial score (nSPS) is 41.8. The minimum Gasteiger partial charge on any atom is -0.0844 e. The van der Waals surface area contributed by atoms with E-state index in [-0.39, 0.29) is 0 Å². The van der Waals surface area contributed by atoms with Gasteiger partial charge in [0.1, 0.15) is 0 Å². The van der Waals surface area contributed by atoms with Crippen LogP contribution in [0.25, 0.3) is 0 Å². The molecule has 0 radical (unpaired) electrons. The number of fused-ring (bicyclic) bond motifs is 2. The Balaban J connectivity index is 1.96. The van der Waals surface area contributed by atoms with E-state index in [1.807, 2.05) is 0 Å². The van der Waals surface area contributed by atoms with Crippen LogP contribution in [0.15, 0.2) is 11.6 Å². The molecule has 0 aliphatic heterocycles. The van der Waals surface area contributed by atoms with Crippen LogP contribution in [0.4, 0.5) is 0 Å². The molecule has 0 saturated heterocycles. The summed E-state index contributed by atoms with van der Waals surface area (Å²) in [6, 6.07) is 0. The van der Waals surface area contributed by atoms with Crippen LogP contribution in [0.1, 0.15) is 32.1 Å². The van der Waals surface area contributed by atoms with Gasteiger partial charge < -0.3 is 0 Å². The van der Waals surface area contributed by atoms with Crippen molar-refractivity contribution in [2.75, 3.05) is 0 Å². The van der Waals surface area contributed by atoms with E-state index in [0.29, 0.717) is 0 Å². The maximum absolute atomic E-state index is 2.50. The van der Waals surface area contributed by atoms with Gasteiger partial charge in [-0.2, -0.15) is 0 Å². The summed E-state index contributed by atoms with van der Waals surface area (Å²) in [5.74, 6) is 1.09. The van der Waals surface area contributed by atoms with E-state index in [0.717, 1.165) is 11.3 Å². The first-order chi connectivity index (χ1) is 4.41. The van der Waals surface area contributed by atoms with E-state index in [2.05, 4.69) is 6.08 Å². The minimum absolute atomic E-state index is 0.856. The molecule has 1 atom stereocenters. The molecular weight excluding hydrogens is 108 g/mol. The molecule has 3 rings (SSSR count). The van der Waals surface area contributed by atoms with E-state index in [4.69, 9.17) is 0 Å². The van der Waals surface area contributed by atoms with Crippen LogP contribution in [0, 0.1) is 11.3 Å². The second-order valence-electron chi connectivity index (χ2n) is 3.96. The maximum atomic E-state index is 2.50. The molecule has 0 N–H and O–H groups in total. The largest absolute Gasteiger partial charge is 0.0844 e. The Labute approximate surface area is 56.0 Å². The Morgan fingerprint density at radius 2 is 2.33 bits per heavy atom. The van der Waals surface area contributed by atoms with Crippen LogP contribution < -0.4 is 0 Å². The molecule has 0 aromatic rings. The highest BCUT2D eigenvalue weighted by atomic mass is 14.6.